The summed E-state index contributed by atoms with van der Waals surface area (Å²) in [6.07, 6.45) is -1.18. The van der Waals surface area contributed by atoms with E-state index in [0.29, 0.717) is 6.41 Å². The van der Waals surface area contributed by atoms with Crippen LogP contribution in [0, 0.1) is 0 Å². The quantitative estimate of drug-likeness (QED) is 0.394. The number of hydrogen-bond donors (Lipinski definition) is 3. The molecule has 0 unspecified atom stereocenters. The lowest BCUT2D eigenvalue weighted by Gasteiger charge is -2.01. The van der Waals surface area contributed by atoms with Crippen LogP contribution in [0.15, 0.2) is 0 Å². The van der Waals surface area contributed by atoms with Gasteiger partial charge >= 0.3 is 5.97 Å². The molecule has 3 N–H and O–H groups in total. The van der Waals surface area contributed by atoms with Crippen LogP contribution in [0.3, 0.4) is 0 Å². The van der Waals surface area contributed by atoms with Crippen LogP contribution in [0.2, 0.25) is 0 Å². The number of carboxylic acid groups (broad SMARTS) is 1. The standard InChI is InChI=1S/C4H7NO4/c6-2-5-1-3(7)4(8)9/h2-3,7H,1H2,(H,5,6)(H,8,9)/t3-/m0/s1. The van der Waals surface area contributed by atoms with E-state index in [9.17, 15) is 9.59 Å². The van der Waals surface area contributed by atoms with Gasteiger partial charge < -0.3 is 15.5 Å². The van der Waals surface area contributed by atoms with Crippen LogP contribution in [0.4, 0.5) is 0 Å². The molecule has 0 aromatic carbocycles. The Hall–Kier alpha value is -1.10. The lowest BCUT2D eigenvalue weighted by molar-refractivity contribution is -0.146. The Labute approximate surface area is 51.3 Å². The van der Waals surface area contributed by atoms with Gasteiger partial charge in [0.1, 0.15) is 0 Å². The molecule has 0 saturated carbocycles. The summed E-state index contributed by atoms with van der Waals surface area (Å²) in [6.45, 7) is -0.251. The average Bonchev–Trinajstić information content (AvgIpc) is 1.82. The summed E-state index contributed by atoms with van der Waals surface area (Å²) in [5, 5.41) is 18.5. The van der Waals surface area contributed by atoms with Crippen molar-refractivity contribution in [3.05, 3.63) is 0 Å². The van der Waals surface area contributed by atoms with Crippen LogP contribution in [0.5, 0.6) is 0 Å². The molecule has 0 aliphatic carbocycles. The third-order valence-corrected chi connectivity index (χ3v) is 0.680. The highest BCUT2D eigenvalue weighted by molar-refractivity contribution is 5.72. The summed E-state index contributed by atoms with van der Waals surface area (Å²) in [7, 11) is 0. The molecule has 0 aliphatic rings. The van der Waals surface area contributed by atoms with Gasteiger partial charge in [-0.25, -0.2) is 4.79 Å². The van der Waals surface area contributed by atoms with E-state index in [0.717, 1.165) is 0 Å². The minimum Gasteiger partial charge on any atom is -0.479 e. The van der Waals surface area contributed by atoms with Crippen LogP contribution < -0.4 is 5.32 Å². The van der Waals surface area contributed by atoms with Crippen LogP contribution in [0.1, 0.15) is 0 Å². The smallest absolute Gasteiger partial charge is 0.334 e. The first-order chi connectivity index (χ1) is 4.18. The molecule has 0 aliphatic heterocycles. The molecule has 1 atom stereocenters. The second kappa shape index (κ2) is 3.85. The predicted molar refractivity (Wildman–Crippen MR) is 27.7 cm³/mol. The number of hydrogen-bond acceptors (Lipinski definition) is 3. The van der Waals surface area contributed by atoms with Crippen LogP contribution >= 0.6 is 0 Å². The van der Waals surface area contributed by atoms with Crippen molar-refractivity contribution < 1.29 is 19.8 Å². The van der Waals surface area contributed by atoms with E-state index >= 15 is 0 Å². The van der Waals surface area contributed by atoms with Gasteiger partial charge in [0, 0.05) is 0 Å². The summed E-state index contributed by atoms with van der Waals surface area (Å²) in [4.78, 5) is 19.3. The Morgan fingerprint density at radius 2 is 2.33 bits per heavy atom. The maximum Gasteiger partial charge on any atom is 0.334 e. The normalized spacial score (nSPS) is 12.1. The number of carbonyl (C=O) groups excluding carboxylic acids is 1. The van der Waals surface area contributed by atoms with Crippen molar-refractivity contribution in [3.8, 4) is 0 Å². The summed E-state index contributed by atoms with van der Waals surface area (Å²) in [5.41, 5.74) is 0. The number of aliphatic carboxylic acids is 1. The molecule has 0 heterocycles. The Morgan fingerprint density at radius 1 is 1.78 bits per heavy atom. The number of nitrogens with one attached hydrogen (secondary N) is 1. The molecule has 0 saturated heterocycles. The van der Waals surface area contributed by atoms with E-state index in [4.69, 9.17) is 10.2 Å². The Bertz CT molecular complexity index is 113. The van der Waals surface area contributed by atoms with Crippen molar-refractivity contribution in [2.45, 2.75) is 6.10 Å². The number of aliphatic hydroxyl groups excluding tert-OH is 1. The van der Waals surface area contributed by atoms with Gasteiger partial charge in [-0.1, -0.05) is 0 Å². The molecule has 0 radical (unpaired) electrons. The molecule has 0 aromatic heterocycles. The first-order valence-corrected chi connectivity index (χ1v) is 2.26. The Morgan fingerprint density at radius 3 is 2.67 bits per heavy atom. The molecule has 0 bridgehead atoms. The molecule has 5 heteroatoms. The third kappa shape index (κ3) is 3.48. The van der Waals surface area contributed by atoms with Gasteiger partial charge in [-0.2, -0.15) is 0 Å². The van der Waals surface area contributed by atoms with Crippen molar-refractivity contribution in [3.63, 3.8) is 0 Å². The first-order valence-electron chi connectivity index (χ1n) is 2.26. The van der Waals surface area contributed by atoms with Gasteiger partial charge in [-0.05, 0) is 0 Å². The van der Waals surface area contributed by atoms with Crippen LogP contribution in [-0.4, -0.2) is 35.2 Å². The van der Waals surface area contributed by atoms with E-state index < -0.39 is 12.1 Å². The van der Waals surface area contributed by atoms with Crippen molar-refractivity contribution in [1.29, 1.82) is 0 Å². The maximum atomic E-state index is 9.80. The lowest BCUT2D eigenvalue weighted by atomic mass is 10.4. The SMILES string of the molecule is O=CNC[C@H](O)C(=O)O. The minimum absolute atomic E-state index is 0.251. The molecule has 9 heavy (non-hydrogen) atoms. The highest BCUT2D eigenvalue weighted by Gasteiger charge is 2.10. The number of amides is 1. The predicted octanol–water partition coefficient (Wildman–Crippen LogP) is -1.82. The van der Waals surface area contributed by atoms with Crippen molar-refractivity contribution in [2.75, 3.05) is 6.54 Å². The number of carboxylic acids is 1. The molecule has 1 amide bonds. The molecule has 5 nitrogen and oxygen atoms in total. The van der Waals surface area contributed by atoms with E-state index in [1.807, 2.05) is 5.32 Å². The Balaban J connectivity index is 3.37. The largest absolute Gasteiger partial charge is 0.479 e. The second-order valence-corrected chi connectivity index (χ2v) is 1.38. The van der Waals surface area contributed by atoms with Gasteiger partial charge in [0.05, 0.1) is 6.54 Å². The zero-order valence-electron chi connectivity index (χ0n) is 4.57. The van der Waals surface area contributed by atoms with Crippen molar-refractivity contribution in [1.82, 2.24) is 5.32 Å². The fourth-order valence-corrected chi connectivity index (χ4v) is 0.247. The van der Waals surface area contributed by atoms with Crippen LogP contribution in [-0.2, 0) is 9.59 Å². The molecular weight excluding hydrogens is 126 g/mol. The molecule has 0 spiro atoms. The zero-order chi connectivity index (χ0) is 7.28. The first kappa shape index (κ1) is 7.90. The monoisotopic (exact) mass is 133 g/mol. The van der Waals surface area contributed by atoms with E-state index in [1.54, 1.807) is 0 Å². The summed E-state index contributed by atoms with van der Waals surface area (Å²) >= 11 is 0. The fourth-order valence-electron chi connectivity index (χ4n) is 0.247. The topological polar surface area (TPSA) is 86.6 Å². The van der Waals surface area contributed by atoms with E-state index in [-0.39, 0.29) is 6.54 Å². The van der Waals surface area contributed by atoms with E-state index in [2.05, 4.69) is 0 Å². The molecule has 0 rings (SSSR count). The fraction of sp³-hybridized carbons (Fsp3) is 0.500. The van der Waals surface area contributed by atoms with Gasteiger partial charge in [0.25, 0.3) is 0 Å². The van der Waals surface area contributed by atoms with Gasteiger partial charge in [0.2, 0.25) is 6.41 Å². The van der Waals surface area contributed by atoms with Gasteiger partial charge in [0.15, 0.2) is 6.10 Å². The Kier molecular flexibility index (Phi) is 3.38. The highest BCUT2D eigenvalue weighted by atomic mass is 16.4. The van der Waals surface area contributed by atoms with Crippen molar-refractivity contribution in [2.24, 2.45) is 0 Å². The van der Waals surface area contributed by atoms with Crippen molar-refractivity contribution >= 4 is 12.4 Å². The lowest BCUT2D eigenvalue weighted by Crippen LogP contribution is -2.32. The zero-order valence-corrected chi connectivity index (χ0v) is 4.57. The number of aliphatic hydroxyl groups is 1. The van der Waals surface area contributed by atoms with Gasteiger partial charge in [-0.3, -0.25) is 4.79 Å². The minimum atomic E-state index is -1.50. The second-order valence-electron chi connectivity index (χ2n) is 1.38. The van der Waals surface area contributed by atoms with E-state index in [1.165, 1.54) is 0 Å². The van der Waals surface area contributed by atoms with Crippen LogP contribution in [0.25, 0.3) is 0 Å². The summed E-state index contributed by atoms with van der Waals surface area (Å²) < 4.78 is 0. The molecule has 0 fully saturated rings. The highest BCUT2D eigenvalue weighted by Crippen LogP contribution is 1.76. The summed E-state index contributed by atoms with van der Waals surface area (Å²) in [5.74, 6) is -1.34. The maximum absolute atomic E-state index is 9.80. The third-order valence-electron chi connectivity index (χ3n) is 0.680. The van der Waals surface area contributed by atoms with Gasteiger partial charge in [-0.15, -0.1) is 0 Å². The average molecular weight is 133 g/mol. The number of rotatable bonds is 4. The number of carbonyl (C=O) groups is 2. The molecule has 0 aromatic rings. The molecular formula is C4H7NO4. The summed E-state index contributed by atoms with van der Waals surface area (Å²) in [6, 6.07) is 0. The molecule has 52 valence electrons.